The molecule has 0 N–H and O–H groups in total. The van der Waals surface area contributed by atoms with Gasteiger partial charge >= 0.3 is 0 Å². The first-order valence-electron chi connectivity index (χ1n) is 8.50. The van der Waals surface area contributed by atoms with E-state index in [-0.39, 0.29) is 17.2 Å². The fourth-order valence-corrected chi connectivity index (χ4v) is 4.80. The van der Waals surface area contributed by atoms with Gasteiger partial charge in [-0.1, -0.05) is 5.16 Å². The number of aromatic nitrogens is 2. The lowest BCUT2D eigenvalue weighted by molar-refractivity contribution is 0.0104. The molecule has 1 spiro atoms. The Morgan fingerprint density at radius 2 is 1.92 bits per heavy atom. The van der Waals surface area contributed by atoms with Crippen LogP contribution in [0.1, 0.15) is 24.7 Å². The maximum atomic E-state index is 13.1. The molecular formula is C17H20FN3O4S. The molecule has 1 aromatic carbocycles. The van der Waals surface area contributed by atoms with Crippen LogP contribution in [0, 0.1) is 11.2 Å². The van der Waals surface area contributed by atoms with Gasteiger partial charge < -0.3 is 9.26 Å². The average molecular weight is 381 g/mol. The van der Waals surface area contributed by atoms with Crippen LogP contribution >= 0.6 is 0 Å². The number of halogens is 1. The van der Waals surface area contributed by atoms with Crippen molar-refractivity contribution in [3.63, 3.8) is 0 Å². The van der Waals surface area contributed by atoms with E-state index in [2.05, 4.69) is 10.1 Å². The van der Waals surface area contributed by atoms with Crippen LogP contribution in [0.2, 0.25) is 0 Å². The molecule has 26 heavy (non-hydrogen) atoms. The molecule has 2 fully saturated rings. The summed E-state index contributed by atoms with van der Waals surface area (Å²) in [5.74, 6) is 0.290. The third-order valence-electron chi connectivity index (χ3n) is 5.42. The van der Waals surface area contributed by atoms with E-state index in [1.807, 2.05) is 0 Å². The summed E-state index contributed by atoms with van der Waals surface area (Å²) in [7, 11) is -3.31. The van der Waals surface area contributed by atoms with E-state index in [0.717, 1.165) is 12.8 Å². The smallest absolute Gasteiger partial charge is 0.232 e. The summed E-state index contributed by atoms with van der Waals surface area (Å²) in [6.07, 6.45) is 2.72. The van der Waals surface area contributed by atoms with Gasteiger partial charge in [0.15, 0.2) is 0 Å². The highest BCUT2D eigenvalue weighted by molar-refractivity contribution is 7.88. The molecular weight excluding hydrogens is 361 g/mol. The van der Waals surface area contributed by atoms with E-state index in [4.69, 9.17) is 9.26 Å². The van der Waals surface area contributed by atoms with Gasteiger partial charge in [0.05, 0.1) is 12.2 Å². The van der Waals surface area contributed by atoms with Crippen molar-refractivity contribution in [3.05, 3.63) is 36.0 Å². The molecule has 2 aliphatic heterocycles. The summed E-state index contributed by atoms with van der Waals surface area (Å²) in [4.78, 5) is 4.50. The Balaban J connectivity index is 1.67. The average Bonchev–Trinajstić information content (AvgIpc) is 3.21. The lowest BCUT2D eigenvalue weighted by atomic mass is 9.72. The maximum Gasteiger partial charge on any atom is 0.232 e. The third-order valence-corrected chi connectivity index (χ3v) is 6.63. The largest absolute Gasteiger partial charge is 0.381 e. The monoisotopic (exact) mass is 381 g/mol. The summed E-state index contributed by atoms with van der Waals surface area (Å²) >= 11 is 0. The number of nitrogens with zero attached hydrogens (tertiary/aromatic N) is 3. The molecule has 1 unspecified atom stereocenters. The molecule has 0 radical (unpaired) electrons. The van der Waals surface area contributed by atoms with Gasteiger partial charge in [0.25, 0.3) is 0 Å². The predicted molar refractivity (Wildman–Crippen MR) is 91.3 cm³/mol. The van der Waals surface area contributed by atoms with Crippen molar-refractivity contribution < 1.29 is 22.1 Å². The minimum absolute atomic E-state index is 0.178. The van der Waals surface area contributed by atoms with Gasteiger partial charge in [0.1, 0.15) is 5.82 Å². The van der Waals surface area contributed by atoms with Crippen LogP contribution in [0.5, 0.6) is 0 Å². The van der Waals surface area contributed by atoms with E-state index in [1.165, 1.54) is 22.7 Å². The fraction of sp³-hybridized carbons (Fsp3) is 0.529. The summed E-state index contributed by atoms with van der Waals surface area (Å²) in [6, 6.07) is 5.86. The van der Waals surface area contributed by atoms with Crippen molar-refractivity contribution in [2.24, 2.45) is 5.41 Å². The lowest BCUT2D eigenvalue weighted by Gasteiger charge is -2.36. The quantitative estimate of drug-likeness (QED) is 0.809. The second-order valence-corrected chi connectivity index (χ2v) is 9.03. The minimum atomic E-state index is -3.31. The van der Waals surface area contributed by atoms with Crippen LogP contribution in [0.3, 0.4) is 0 Å². The van der Waals surface area contributed by atoms with Crippen LogP contribution < -0.4 is 0 Å². The number of rotatable bonds is 3. The molecule has 0 aliphatic carbocycles. The Morgan fingerprint density at radius 3 is 2.58 bits per heavy atom. The summed E-state index contributed by atoms with van der Waals surface area (Å²) in [5.41, 5.74) is 0.397. The number of hydrogen-bond acceptors (Lipinski definition) is 6. The van der Waals surface area contributed by atoms with Crippen molar-refractivity contribution in [1.82, 2.24) is 14.4 Å². The Kier molecular flexibility index (Phi) is 4.32. The second-order valence-electron chi connectivity index (χ2n) is 7.05. The molecule has 2 saturated heterocycles. The fourth-order valence-electron chi connectivity index (χ4n) is 3.89. The number of ether oxygens (including phenoxy) is 1. The van der Waals surface area contributed by atoms with E-state index < -0.39 is 10.0 Å². The maximum absolute atomic E-state index is 13.1. The SMILES string of the molecule is CS(=O)(=O)N1CC(c2nc(-c3ccc(F)cc3)no2)C2(CCOCC2)C1. The molecule has 3 heterocycles. The second kappa shape index (κ2) is 6.40. The van der Waals surface area contributed by atoms with Crippen LogP contribution in [-0.2, 0) is 14.8 Å². The molecule has 0 saturated carbocycles. The molecule has 0 bridgehead atoms. The van der Waals surface area contributed by atoms with Gasteiger partial charge in [-0.3, -0.25) is 0 Å². The van der Waals surface area contributed by atoms with E-state index in [1.54, 1.807) is 12.1 Å². The van der Waals surface area contributed by atoms with Crippen molar-refractivity contribution >= 4 is 10.0 Å². The highest BCUT2D eigenvalue weighted by Crippen LogP contribution is 2.49. The van der Waals surface area contributed by atoms with Crippen molar-refractivity contribution in [3.8, 4) is 11.4 Å². The molecule has 140 valence electrons. The number of sulfonamides is 1. The van der Waals surface area contributed by atoms with Gasteiger partial charge in [0.2, 0.25) is 21.7 Å². The van der Waals surface area contributed by atoms with E-state index >= 15 is 0 Å². The van der Waals surface area contributed by atoms with Crippen molar-refractivity contribution in [2.45, 2.75) is 18.8 Å². The zero-order valence-corrected chi connectivity index (χ0v) is 15.2. The molecule has 4 rings (SSSR count). The molecule has 1 aromatic heterocycles. The molecule has 9 heteroatoms. The van der Waals surface area contributed by atoms with Gasteiger partial charge in [-0.15, -0.1) is 0 Å². The molecule has 1 atom stereocenters. The molecule has 2 aliphatic rings. The predicted octanol–water partition coefficient (Wildman–Crippen LogP) is 2.03. The first-order chi connectivity index (χ1) is 12.4. The van der Waals surface area contributed by atoms with Gasteiger partial charge in [0, 0.05) is 37.3 Å². The Labute approximate surface area is 151 Å². The van der Waals surface area contributed by atoms with Gasteiger partial charge in [-0.25, -0.2) is 17.1 Å². The van der Waals surface area contributed by atoms with Crippen LogP contribution in [-0.4, -0.2) is 55.4 Å². The summed E-state index contributed by atoms with van der Waals surface area (Å²) < 4.78 is 49.8. The highest BCUT2D eigenvalue weighted by atomic mass is 32.2. The number of hydrogen-bond donors (Lipinski definition) is 0. The molecule has 0 amide bonds. The summed E-state index contributed by atoms with van der Waals surface area (Å²) in [6.45, 7) is 1.94. The Hall–Kier alpha value is -1.84. The number of benzene rings is 1. The van der Waals surface area contributed by atoms with Gasteiger partial charge in [-0.2, -0.15) is 4.98 Å². The van der Waals surface area contributed by atoms with Crippen molar-refractivity contribution in [1.29, 1.82) is 0 Å². The van der Waals surface area contributed by atoms with Crippen LogP contribution in [0.25, 0.3) is 11.4 Å². The topological polar surface area (TPSA) is 85.5 Å². The summed E-state index contributed by atoms with van der Waals surface area (Å²) in [5, 5.41) is 4.02. The van der Waals surface area contributed by atoms with Crippen molar-refractivity contribution in [2.75, 3.05) is 32.6 Å². The molecule has 7 nitrogen and oxygen atoms in total. The Morgan fingerprint density at radius 1 is 1.23 bits per heavy atom. The molecule has 2 aromatic rings. The lowest BCUT2D eigenvalue weighted by Crippen LogP contribution is -2.37. The zero-order chi connectivity index (χ0) is 18.4. The Bertz CT molecular complexity index is 891. The first-order valence-corrected chi connectivity index (χ1v) is 10.3. The van der Waals surface area contributed by atoms with E-state index in [0.29, 0.717) is 43.6 Å². The first kappa shape index (κ1) is 17.6. The standard InChI is InChI=1S/C17H20FN3O4S/c1-26(22,23)21-10-14(17(11-21)6-8-24-9-7-17)16-19-15(20-25-16)12-2-4-13(18)5-3-12/h2-5,14H,6-11H2,1H3. The van der Waals surface area contributed by atoms with Crippen LogP contribution in [0.4, 0.5) is 4.39 Å². The minimum Gasteiger partial charge on any atom is -0.381 e. The highest BCUT2D eigenvalue weighted by Gasteiger charge is 2.52. The van der Waals surface area contributed by atoms with E-state index in [9.17, 15) is 12.8 Å². The zero-order valence-electron chi connectivity index (χ0n) is 14.4. The van der Waals surface area contributed by atoms with Gasteiger partial charge in [-0.05, 0) is 37.1 Å². The van der Waals surface area contributed by atoms with Crippen LogP contribution in [0.15, 0.2) is 28.8 Å². The third kappa shape index (κ3) is 3.15. The normalized spacial score (nSPS) is 23.5.